The molecule has 0 aliphatic carbocycles. The summed E-state index contributed by atoms with van der Waals surface area (Å²) in [6.45, 7) is 7.47. The van der Waals surface area contributed by atoms with Crippen molar-refractivity contribution >= 4 is 9.84 Å². The fraction of sp³-hybridized carbons (Fsp3) is 0.647. The van der Waals surface area contributed by atoms with Gasteiger partial charge in [0.05, 0.1) is 17.6 Å². The molecule has 128 valence electrons. The third kappa shape index (κ3) is 3.06. The number of fused-ring (bicyclic) bond motifs is 1. The molecule has 2 aliphatic rings. The summed E-state index contributed by atoms with van der Waals surface area (Å²) in [4.78, 5) is 2.20. The van der Waals surface area contributed by atoms with Gasteiger partial charge < -0.3 is 9.47 Å². The number of hydrogen-bond acceptors (Lipinski definition) is 5. The van der Waals surface area contributed by atoms with E-state index in [9.17, 15) is 8.42 Å². The molecule has 0 bridgehead atoms. The summed E-state index contributed by atoms with van der Waals surface area (Å²) in [7, 11) is -1.35. The van der Waals surface area contributed by atoms with Crippen LogP contribution in [0.2, 0.25) is 0 Å². The molecule has 0 N–H and O–H groups in total. The lowest BCUT2D eigenvalue weighted by atomic mass is 10.0. The molecule has 1 aromatic rings. The molecule has 6 heteroatoms. The van der Waals surface area contributed by atoms with Crippen molar-refractivity contribution in [3.63, 3.8) is 0 Å². The van der Waals surface area contributed by atoms with E-state index in [1.165, 1.54) is 5.56 Å². The third-order valence-electron chi connectivity index (χ3n) is 4.79. The normalized spacial score (nSPS) is 25.7. The highest BCUT2D eigenvalue weighted by Gasteiger charge is 2.40. The van der Waals surface area contributed by atoms with Crippen molar-refractivity contribution in [1.29, 1.82) is 0 Å². The first-order valence-electron chi connectivity index (χ1n) is 8.03. The van der Waals surface area contributed by atoms with E-state index in [-0.39, 0.29) is 11.9 Å². The molecule has 2 aliphatic heterocycles. The maximum atomic E-state index is 12.2. The van der Waals surface area contributed by atoms with Crippen molar-refractivity contribution in [2.24, 2.45) is 0 Å². The number of hydrogen-bond donors (Lipinski definition) is 0. The molecule has 23 heavy (non-hydrogen) atoms. The van der Waals surface area contributed by atoms with Crippen LogP contribution >= 0.6 is 0 Å². The lowest BCUT2D eigenvalue weighted by Gasteiger charge is -2.37. The largest absolute Gasteiger partial charge is 0.497 e. The van der Waals surface area contributed by atoms with Gasteiger partial charge in [0.2, 0.25) is 0 Å². The van der Waals surface area contributed by atoms with E-state index >= 15 is 0 Å². The van der Waals surface area contributed by atoms with Crippen LogP contribution in [0, 0.1) is 0 Å². The number of sulfone groups is 1. The molecule has 1 fully saturated rings. The number of rotatable bonds is 3. The summed E-state index contributed by atoms with van der Waals surface area (Å²) in [5, 5.41) is 0. The second kappa shape index (κ2) is 5.67. The molecule has 0 aromatic heterocycles. The zero-order valence-electron chi connectivity index (χ0n) is 14.3. The minimum absolute atomic E-state index is 0.175. The summed E-state index contributed by atoms with van der Waals surface area (Å²) in [6, 6.07) is 4.04. The van der Waals surface area contributed by atoms with Crippen molar-refractivity contribution in [3.05, 3.63) is 23.3 Å². The quantitative estimate of drug-likeness (QED) is 0.843. The van der Waals surface area contributed by atoms with Crippen molar-refractivity contribution < 1.29 is 17.9 Å². The summed E-state index contributed by atoms with van der Waals surface area (Å²) in [5.74, 6) is 1.99. The van der Waals surface area contributed by atoms with Gasteiger partial charge in [-0.1, -0.05) is 0 Å². The van der Waals surface area contributed by atoms with Crippen LogP contribution in [0.1, 0.15) is 31.9 Å². The Morgan fingerprint density at radius 3 is 2.78 bits per heavy atom. The molecule has 2 heterocycles. The Morgan fingerprint density at radius 1 is 1.39 bits per heavy atom. The van der Waals surface area contributed by atoms with Crippen molar-refractivity contribution in [3.8, 4) is 11.5 Å². The highest BCUT2D eigenvalue weighted by atomic mass is 32.2. The second-order valence-corrected chi connectivity index (χ2v) is 9.94. The molecule has 0 saturated carbocycles. The Bertz CT molecular complexity index is 712. The van der Waals surface area contributed by atoms with Gasteiger partial charge in [-0.3, -0.25) is 4.90 Å². The lowest BCUT2D eigenvalue weighted by Crippen LogP contribution is -2.52. The van der Waals surface area contributed by atoms with Crippen LogP contribution in [0.4, 0.5) is 0 Å². The van der Waals surface area contributed by atoms with Gasteiger partial charge in [-0.2, -0.15) is 0 Å². The van der Waals surface area contributed by atoms with Crippen LogP contribution in [-0.2, 0) is 22.8 Å². The molecule has 5 nitrogen and oxygen atoms in total. The van der Waals surface area contributed by atoms with Crippen LogP contribution in [0.5, 0.6) is 11.5 Å². The first-order chi connectivity index (χ1) is 10.7. The highest BCUT2D eigenvalue weighted by Crippen LogP contribution is 2.37. The van der Waals surface area contributed by atoms with Gasteiger partial charge in [-0.25, -0.2) is 8.42 Å². The Morgan fingerprint density at radius 2 is 2.13 bits per heavy atom. The van der Waals surface area contributed by atoms with E-state index in [0.717, 1.165) is 23.5 Å². The van der Waals surface area contributed by atoms with Crippen LogP contribution in [0.3, 0.4) is 0 Å². The molecule has 1 aromatic carbocycles. The molecular formula is C17H25NO4S. The standard InChI is InChI=1S/C17H25NO4S/c1-12-7-13-8-15(21-4)9-14(16(13)22-12)10-18-5-6-23(19,20)17(2,3)11-18/h8-9,12H,5-7,10-11H2,1-4H3. The summed E-state index contributed by atoms with van der Waals surface area (Å²) in [6.07, 6.45) is 1.06. The maximum absolute atomic E-state index is 12.2. The molecule has 1 unspecified atom stereocenters. The summed E-state index contributed by atoms with van der Waals surface area (Å²) < 4.78 is 35.0. The van der Waals surface area contributed by atoms with Crippen molar-refractivity contribution in [2.75, 3.05) is 26.0 Å². The van der Waals surface area contributed by atoms with Gasteiger partial charge in [0.15, 0.2) is 9.84 Å². The zero-order valence-corrected chi connectivity index (χ0v) is 15.1. The van der Waals surface area contributed by atoms with Crippen LogP contribution in [-0.4, -0.2) is 50.1 Å². The first-order valence-corrected chi connectivity index (χ1v) is 9.68. The molecule has 1 saturated heterocycles. The number of methoxy groups -OCH3 is 1. The van der Waals surface area contributed by atoms with Gasteiger partial charge in [0.1, 0.15) is 17.6 Å². The number of ether oxygens (including phenoxy) is 2. The van der Waals surface area contributed by atoms with Gasteiger partial charge in [-0.15, -0.1) is 0 Å². The number of nitrogens with zero attached hydrogens (tertiary/aromatic N) is 1. The topological polar surface area (TPSA) is 55.8 Å². The molecule has 0 amide bonds. The monoisotopic (exact) mass is 339 g/mol. The molecule has 1 atom stereocenters. The van der Waals surface area contributed by atoms with E-state index in [1.54, 1.807) is 7.11 Å². The predicted octanol–water partition coefficient (Wildman–Crippen LogP) is 2.03. The Hall–Kier alpha value is -1.27. The molecule has 0 spiro atoms. The first kappa shape index (κ1) is 16.6. The average molecular weight is 339 g/mol. The third-order valence-corrected chi connectivity index (χ3v) is 7.33. The Labute approximate surface area is 138 Å². The maximum Gasteiger partial charge on any atom is 0.157 e. The van der Waals surface area contributed by atoms with Crippen LogP contribution in [0.25, 0.3) is 0 Å². The van der Waals surface area contributed by atoms with Crippen LogP contribution in [0.15, 0.2) is 12.1 Å². The van der Waals surface area contributed by atoms with Crippen LogP contribution < -0.4 is 9.47 Å². The Kier molecular flexibility index (Phi) is 4.09. The van der Waals surface area contributed by atoms with E-state index in [1.807, 2.05) is 26.0 Å². The Balaban J connectivity index is 1.85. The molecule has 0 radical (unpaired) electrons. The van der Waals surface area contributed by atoms with E-state index in [4.69, 9.17) is 9.47 Å². The van der Waals surface area contributed by atoms with Crippen molar-refractivity contribution in [1.82, 2.24) is 4.90 Å². The zero-order chi connectivity index (χ0) is 16.8. The van der Waals surface area contributed by atoms with E-state index < -0.39 is 14.6 Å². The molecular weight excluding hydrogens is 314 g/mol. The second-order valence-electron chi connectivity index (χ2n) is 7.20. The minimum atomic E-state index is -3.02. The van der Waals surface area contributed by atoms with Gasteiger partial charge in [0.25, 0.3) is 0 Å². The number of benzene rings is 1. The average Bonchev–Trinajstić information content (AvgIpc) is 2.83. The smallest absolute Gasteiger partial charge is 0.157 e. The van der Waals surface area contributed by atoms with E-state index in [2.05, 4.69) is 11.8 Å². The summed E-state index contributed by atoms with van der Waals surface area (Å²) >= 11 is 0. The SMILES string of the molecule is COc1cc2c(c(CN3CCS(=O)(=O)C(C)(C)C3)c1)OC(C)C2. The minimum Gasteiger partial charge on any atom is -0.497 e. The van der Waals surface area contributed by atoms with E-state index in [0.29, 0.717) is 19.6 Å². The summed E-state index contributed by atoms with van der Waals surface area (Å²) in [5.41, 5.74) is 2.26. The predicted molar refractivity (Wildman–Crippen MR) is 89.9 cm³/mol. The van der Waals surface area contributed by atoms with Crippen molar-refractivity contribution in [2.45, 2.75) is 44.6 Å². The van der Waals surface area contributed by atoms with Gasteiger partial charge in [0, 0.05) is 37.2 Å². The fourth-order valence-corrected chi connectivity index (χ4v) is 4.86. The lowest BCUT2D eigenvalue weighted by molar-refractivity contribution is 0.226. The van der Waals surface area contributed by atoms with Gasteiger partial charge >= 0.3 is 0 Å². The molecule has 3 rings (SSSR count). The fourth-order valence-electron chi connectivity index (χ4n) is 3.43. The van der Waals surface area contributed by atoms with Gasteiger partial charge in [-0.05, 0) is 32.9 Å². The highest BCUT2D eigenvalue weighted by molar-refractivity contribution is 7.92.